The van der Waals surface area contributed by atoms with Crippen molar-refractivity contribution in [3.05, 3.63) is 23.8 Å². The molecule has 1 rings (SSSR count). The van der Waals surface area contributed by atoms with E-state index in [9.17, 15) is 26.3 Å². The Bertz CT molecular complexity index is 462. The Morgan fingerprint density at radius 3 is 1.55 bits per heavy atom. The lowest BCUT2D eigenvalue weighted by atomic mass is 10.2. The molecule has 1 aromatic carbocycles. The molecule has 2 nitrogen and oxygen atoms in total. The van der Waals surface area contributed by atoms with Crippen molar-refractivity contribution in [3.63, 3.8) is 0 Å². The van der Waals surface area contributed by atoms with E-state index in [1.807, 2.05) is 0 Å². The minimum Gasteiger partial charge on any atom is -0.484 e. The molecule has 0 saturated carbocycles. The molecule has 0 heterocycles. The van der Waals surface area contributed by atoms with E-state index in [1.54, 1.807) is 0 Å². The fourth-order valence-corrected chi connectivity index (χ4v) is 1.15. The zero-order valence-corrected chi connectivity index (χ0v) is 9.81. The highest BCUT2D eigenvalue weighted by molar-refractivity contribution is 5.45. The van der Waals surface area contributed by atoms with Gasteiger partial charge in [0.1, 0.15) is 11.5 Å². The van der Waals surface area contributed by atoms with Gasteiger partial charge in [0.05, 0.1) is 0 Å². The lowest BCUT2D eigenvalue weighted by Crippen LogP contribution is -2.20. The van der Waals surface area contributed by atoms with Crippen LogP contribution in [0.5, 0.6) is 11.5 Å². The average Bonchev–Trinajstić information content (AvgIpc) is 2.32. The zero-order valence-electron chi connectivity index (χ0n) is 9.81. The fourth-order valence-electron chi connectivity index (χ4n) is 1.15. The number of ether oxygens (including phenoxy) is 2. The van der Waals surface area contributed by atoms with Crippen molar-refractivity contribution in [1.29, 1.82) is 0 Å². The normalized spacial score (nSPS) is 11.8. The Hall–Kier alpha value is -2.04. The molecule has 20 heavy (non-hydrogen) atoms. The Morgan fingerprint density at radius 2 is 1.25 bits per heavy atom. The van der Waals surface area contributed by atoms with E-state index in [-0.39, 0.29) is 17.1 Å². The van der Waals surface area contributed by atoms with Crippen LogP contribution in [0.1, 0.15) is 5.56 Å². The third kappa shape index (κ3) is 6.22. The fraction of sp³-hybridized carbons (Fsp3) is 0.333. The van der Waals surface area contributed by atoms with Crippen molar-refractivity contribution in [2.45, 2.75) is 12.4 Å². The first kappa shape index (κ1) is 16.0. The second-order valence-corrected chi connectivity index (χ2v) is 3.65. The molecule has 0 aliphatic carbocycles. The van der Waals surface area contributed by atoms with Gasteiger partial charge in [-0.05, 0) is 12.1 Å². The highest BCUT2D eigenvalue weighted by atomic mass is 19.4. The summed E-state index contributed by atoms with van der Waals surface area (Å²) in [4.78, 5) is 0. The number of benzene rings is 1. The highest BCUT2D eigenvalue weighted by Gasteiger charge is 2.29. The Morgan fingerprint density at radius 1 is 0.850 bits per heavy atom. The minimum atomic E-state index is -4.57. The number of rotatable bonds is 4. The highest BCUT2D eigenvalue weighted by Crippen LogP contribution is 2.26. The van der Waals surface area contributed by atoms with Crippen LogP contribution in [0.4, 0.5) is 26.3 Å². The van der Waals surface area contributed by atoms with Crippen LogP contribution in [0.25, 0.3) is 0 Å². The molecule has 0 saturated heterocycles. The third-order valence-electron chi connectivity index (χ3n) is 1.85. The smallest absolute Gasteiger partial charge is 0.422 e. The summed E-state index contributed by atoms with van der Waals surface area (Å²) in [6, 6.07) is 3.08. The summed E-state index contributed by atoms with van der Waals surface area (Å²) in [6.07, 6.45) is -4.09. The summed E-state index contributed by atoms with van der Waals surface area (Å²) in [7, 11) is 0. The van der Waals surface area contributed by atoms with Crippen LogP contribution in [0.15, 0.2) is 18.2 Å². The molecular formula is C12H8F6O2. The topological polar surface area (TPSA) is 18.5 Å². The lowest BCUT2D eigenvalue weighted by molar-refractivity contribution is -0.153. The number of hydrogen-bond donors (Lipinski definition) is 0. The molecule has 0 aromatic heterocycles. The van der Waals surface area contributed by atoms with Crippen LogP contribution in [-0.4, -0.2) is 25.6 Å². The predicted molar refractivity (Wildman–Crippen MR) is 57.5 cm³/mol. The van der Waals surface area contributed by atoms with Crippen molar-refractivity contribution in [3.8, 4) is 23.8 Å². The van der Waals surface area contributed by atoms with E-state index in [0.717, 1.165) is 18.2 Å². The quantitative estimate of drug-likeness (QED) is 0.625. The molecule has 1 aromatic rings. The van der Waals surface area contributed by atoms with Crippen LogP contribution in [-0.2, 0) is 0 Å². The number of halogens is 6. The van der Waals surface area contributed by atoms with Gasteiger partial charge < -0.3 is 9.47 Å². The summed E-state index contributed by atoms with van der Waals surface area (Å²) in [6.45, 7) is -3.17. The molecule has 0 N–H and O–H groups in total. The molecule has 0 aliphatic heterocycles. The average molecular weight is 298 g/mol. The minimum absolute atomic E-state index is 0.0434. The molecule has 0 aliphatic rings. The van der Waals surface area contributed by atoms with Crippen molar-refractivity contribution >= 4 is 0 Å². The Kier molecular flexibility index (Phi) is 4.76. The number of alkyl halides is 6. The van der Waals surface area contributed by atoms with E-state index in [4.69, 9.17) is 6.42 Å². The molecular weight excluding hydrogens is 290 g/mol. The zero-order chi connectivity index (χ0) is 15.4. The Labute approximate surface area is 110 Å². The second kappa shape index (κ2) is 5.94. The molecule has 0 amide bonds. The summed E-state index contributed by atoms with van der Waals surface area (Å²) in [5.74, 6) is 1.43. The first-order valence-electron chi connectivity index (χ1n) is 5.10. The van der Waals surface area contributed by atoms with Crippen LogP contribution in [0, 0.1) is 12.3 Å². The standard InChI is InChI=1S/C12H8F6O2/c1-2-8-3-9(19-6-11(13,14)15)5-10(4-8)20-7-12(16,17)18/h1,3-5H,6-7H2. The molecule has 8 heteroatoms. The molecule has 110 valence electrons. The van der Waals surface area contributed by atoms with E-state index in [1.165, 1.54) is 0 Å². The largest absolute Gasteiger partial charge is 0.484 e. The van der Waals surface area contributed by atoms with Crippen LogP contribution < -0.4 is 9.47 Å². The maximum absolute atomic E-state index is 12.0. The van der Waals surface area contributed by atoms with Gasteiger partial charge in [0.15, 0.2) is 13.2 Å². The van der Waals surface area contributed by atoms with Crippen LogP contribution >= 0.6 is 0 Å². The molecule has 0 fully saturated rings. The monoisotopic (exact) mass is 298 g/mol. The lowest BCUT2D eigenvalue weighted by Gasteiger charge is -2.13. The first-order chi connectivity index (χ1) is 9.09. The third-order valence-corrected chi connectivity index (χ3v) is 1.85. The van der Waals surface area contributed by atoms with Crippen molar-refractivity contribution in [1.82, 2.24) is 0 Å². The molecule has 0 unspecified atom stereocenters. The second-order valence-electron chi connectivity index (χ2n) is 3.65. The van der Waals surface area contributed by atoms with Gasteiger partial charge in [-0.25, -0.2) is 0 Å². The molecule has 0 atom stereocenters. The summed E-state index contributed by atoms with van der Waals surface area (Å²) in [5, 5.41) is 0. The van der Waals surface area contributed by atoms with Gasteiger partial charge in [-0.3, -0.25) is 0 Å². The van der Waals surface area contributed by atoms with Gasteiger partial charge in [-0.2, -0.15) is 26.3 Å². The van der Waals surface area contributed by atoms with E-state index < -0.39 is 25.6 Å². The molecule has 0 spiro atoms. The molecule has 0 radical (unpaired) electrons. The van der Waals surface area contributed by atoms with Crippen LogP contribution in [0.3, 0.4) is 0 Å². The van der Waals surface area contributed by atoms with Crippen LogP contribution in [0.2, 0.25) is 0 Å². The van der Waals surface area contributed by atoms with Crippen molar-refractivity contribution < 1.29 is 35.8 Å². The summed E-state index contributed by atoms with van der Waals surface area (Å²) >= 11 is 0. The first-order valence-corrected chi connectivity index (χ1v) is 5.10. The van der Waals surface area contributed by atoms with E-state index >= 15 is 0 Å². The van der Waals surface area contributed by atoms with Crippen molar-refractivity contribution in [2.24, 2.45) is 0 Å². The van der Waals surface area contributed by atoms with Gasteiger partial charge in [-0.15, -0.1) is 6.42 Å². The van der Waals surface area contributed by atoms with E-state index in [2.05, 4.69) is 15.4 Å². The maximum Gasteiger partial charge on any atom is 0.422 e. The maximum atomic E-state index is 12.0. The SMILES string of the molecule is C#Cc1cc(OCC(F)(F)F)cc(OCC(F)(F)F)c1. The summed E-state index contributed by atoms with van der Waals surface area (Å²) in [5.41, 5.74) is 0.0434. The van der Waals surface area contributed by atoms with Gasteiger partial charge in [-0.1, -0.05) is 5.92 Å². The Balaban J connectivity index is 2.83. The van der Waals surface area contributed by atoms with Crippen molar-refractivity contribution in [2.75, 3.05) is 13.2 Å². The summed E-state index contributed by atoms with van der Waals surface area (Å²) < 4.78 is 80.7. The van der Waals surface area contributed by atoms with Gasteiger partial charge in [0, 0.05) is 11.6 Å². The van der Waals surface area contributed by atoms with E-state index in [0.29, 0.717) is 0 Å². The predicted octanol–water partition coefficient (Wildman–Crippen LogP) is 3.55. The van der Waals surface area contributed by atoms with Gasteiger partial charge >= 0.3 is 12.4 Å². The number of terminal acetylenes is 1. The number of hydrogen-bond acceptors (Lipinski definition) is 2. The van der Waals surface area contributed by atoms with Gasteiger partial charge in [0.2, 0.25) is 0 Å². The van der Waals surface area contributed by atoms with Gasteiger partial charge in [0.25, 0.3) is 0 Å². The molecule has 0 bridgehead atoms.